The fourth-order valence-corrected chi connectivity index (χ4v) is 2.48. The second kappa shape index (κ2) is 4.05. The number of para-hydroxylation sites is 1. The van der Waals surface area contributed by atoms with Gasteiger partial charge in [-0.3, -0.25) is 4.79 Å². The van der Waals surface area contributed by atoms with Crippen LogP contribution < -0.4 is 4.74 Å². The van der Waals surface area contributed by atoms with Gasteiger partial charge in [0.05, 0.1) is 5.56 Å². The molecule has 2 unspecified atom stereocenters. The minimum Gasteiger partial charge on any atom is -0.460 e. The van der Waals surface area contributed by atoms with E-state index >= 15 is 0 Å². The van der Waals surface area contributed by atoms with Gasteiger partial charge >= 0.3 is 0 Å². The first kappa shape index (κ1) is 11.4. The number of fused-ring (bicyclic) bond motifs is 2. The first-order chi connectivity index (χ1) is 9.79. The lowest BCUT2D eigenvalue weighted by molar-refractivity contribution is 0.0902. The smallest absolute Gasteiger partial charge is 0.242 e. The highest BCUT2D eigenvalue weighted by Gasteiger charge is 2.66. The normalized spacial score (nSPS) is 26.8. The molecule has 0 N–H and O–H groups in total. The first-order valence-electron chi connectivity index (χ1n) is 6.52. The summed E-state index contributed by atoms with van der Waals surface area (Å²) < 4.78 is 11.2. The summed E-state index contributed by atoms with van der Waals surface area (Å²) in [5.74, 6) is 0.570. The van der Waals surface area contributed by atoms with E-state index in [2.05, 4.69) is 0 Å². The molecule has 0 amide bonds. The van der Waals surface area contributed by atoms with Crippen molar-refractivity contribution >= 4 is 11.9 Å². The lowest BCUT2D eigenvalue weighted by Gasteiger charge is -2.16. The van der Waals surface area contributed by atoms with Crippen LogP contribution in [0.15, 0.2) is 60.7 Å². The number of hydrogen-bond donors (Lipinski definition) is 0. The van der Waals surface area contributed by atoms with Crippen LogP contribution in [0, 0.1) is 0 Å². The number of ether oxygens (including phenoxy) is 2. The Morgan fingerprint density at radius 2 is 1.75 bits per heavy atom. The van der Waals surface area contributed by atoms with Gasteiger partial charge in [-0.1, -0.05) is 48.5 Å². The standard InChI is InChI=1S/C17H12O3/c18-15-13-8-4-5-9-14(13)19-16-17(15,20-16)11-10-12-6-2-1-3-7-12/h1-11,16H/b11-10-. The molecule has 2 atom stereocenters. The summed E-state index contributed by atoms with van der Waals surface area (Å²) in [6, 6.07) is 17.1. The Kier molecular flexibility index (Phi) is 2.32. The Bertz CT molecular complexity index is 705. The van der Waals surface area contributed by atoms with E-state index in [1.807, 2.05) is 48.5 Å². The molecule has 0 radical (unpaired) electrons. The Hall–Kier alpha value is -2.39. The number of ketones is 1. The molecule has 0 spiro atoms. The minimum absolute atomic E-state index is 0.0310. The number of Topliss-reactive ketones (excluding diaryl/α,β-unsaturated/α-hetero) is 1. The summed E-state index contributed by atoms with van der Waals surface area (Å²) in [6.45, 7) is 0. The third-order valence-electron chi connectivity index (χ3n) is 3.64. The van der Waals surface area contributed by atoms with E-state index in [4.69, 9.17) is 9.47 Å². The Labute approximate surface area is 116 Å². The third-order valence-corrected chi connectivity index (χ3v) is 3.64. The van der Waals surface area contributed by atoms with Crippen LogP contribution >= 0.6 is 0 Å². The number of carbonyl (C=O) groups excluding carboxylic acids is 1. The van der Waals surface area contributed by atoms with Crippen LogP contribution in [0.2, 0.25) is 0 Å². The van der Waals surface area contributed by atoms with Gasteiger partial charge in [-0.05, 0) is 23.8 Å². The highest BCUT2D eigenvalue weighted by molar-refractivity contribution is 6.09. The number of rotatable bonds is 2. The zero-order chi connectivity index (χ0) is 13.6. The predicted molar refractivity (Wildman–Crippen MR) is 74.5 cm³/mol. The molecular weight excluding hydrogens is 252 g/mol. The van der Waals surface area contributed by atoms with Crippen LogP contribution in [0.4, 0.5) is 0 Å². The van der Waals surface area contributed by atoms with E-state index in [0.717, 1.165) is 5.56 Å². The monoisotopic (exact) mass is 264 g/mol. The SMILES string of the molecule is O=C1c2ccccc2OC2OC12/C=C\c1ccccc1. The second-order valence-electron chi connectivity index (χ2n) is 4.93. The molecule has 0 saturated carbocycles. The van der Waals surface area contributed by atoms with Crippen molar-refractivity contribution in [2.45, 2.75) is 11.9 Å². The van der Waals surface area contributed by atoms with Crippen molar-refractivity contribution in [2.75, 3.05) is 0 Å². The highest BCUT2D eigenvalue weighted by atomic mass is 16.8. The summed E-state index contributed by atoms with van der Waals surface area (Å²) in [5.41, 5.74) is 0.672. The average molecular weight is 264 g/mol. The number of benzene rings is 2. The van der Waals surface area contributed by atoms with Crippen LogP contribution in [0.1, 0.15) is 15.9 Å². The van der Waals surface area contributed by atoms with Crippen molar-refractivity contribution in [3.05, 3.63) is 71.8 Å². The molecule has 2 aliphatic heterocycles. The molecule has 2 aliphatic rings. The Morgan fingerprint density at radius 3 is 2.60 bits per heavy atom. The fraction of sp³-hybridized carbons (Fsp3) is 0.118. The zero-order valence-corrected chi connectivity index (χ0v) is 10.7. The van der Waals surface area contributed by atoms with Crippen molar-refractivity contribution in [2.24, 2.45) is 0 Å². The summed E-state index contributed by atoms with van der Waals surface area (Å²) in [7, 11) is 0. The summed E-state index contributed by atoms with van der Waals surface area (Å²) in [6.07, 6.45) is 3.20. The van der Waals surface area contributed by atoms with Gasteiger partial charge in [0.15, 0.2) is 0 Å². The number of epoxide rings is 1. The van der Waals surface area contributed by atoms with Crippen molar-refractivity contribution in [3.63, 3.8) is 0 Å². The Balaban J connectivity index is 1.68. The summed E-state index contributed by atoms with van der Waals surface area (Å²) >= 11 is 0. The molecule has 3 heteroatoms. The van der Waals surface area contributed by atoms with E-state index < -0.39 is 11.9 Å². The lowest BCUT2D eigenvalue weighted by Crippen LogP contribution is -2.32. The van der Waals surface area contributed by atoms with Crippen LogP contribution in [0.5, 0.6) is 5.75 Å². The van der Waals surface area contributed by atoms with E-state index in [0.29, 0.717) is 11.3 Å². The van der Waals surface area contributed by atoms with E-state index in [9.17, 15) is 4.79 Å². The molecular formula is C17H12O3. The van der Waals surface area contributed by atoms with Crippen LogP contribution in [-0.4, -0.2) is 17.7 Å². The maximum atomic E-state index is 12.5. The average Bonchev–Trinajstić information content (AvgIpc) is 3.22. The molecule has 1 saturated heterocycles. The topological polar surface area (TPSA) is 38.8 Å². The maximum Gasteiger partial charge on any atom is 0.242 e. The fourth-order valence-electron chi connectivity index (χ4n) is 2.48. The minimum atomic E-state index is -0.940. The van der Waals surface area contributed by atoms with Crippen LogP contribution in [-0.2, 0) is 4.74 Å². The zero-order valence-electron chi connectivity index (χ0n) is 10.7. The van der Waals surface area contributed by atoms with Gasteiger partial charge in [-0.25, -0.2) is 0 Å². The van der Waals surface area contributed by atoms with Gasteiger partial charge in [0.1, 0.15) is 5.75 Å². The second-order valence-corrected chi connectivity index (χ2v) is 4.93. The predicted octanol–water partition coefficient (Wildman–Crippen LogP) is 3.07. The Morgan fingerprint density at radius 1 is 1.00 bits per heavy atom. The maximum absolute atomic E-state index is 12.5. The van der Waals surface area contributed by atoms with Crippen molar-refractivity contribution in [1.29, 1.82) is 0 Å². The molecule has 2 aromatic rings. The van der Waals surface area contributed by atoms with Crippen molar-refractivity contribution in [3.8, 4) is 5.75 Å². The van der Waals surface area contributed by atoms with Gasteiger partial charge < -0.3 is 9.47 Å². The van der Waals surface area contributed by atoms with Gasteiger partial charge in [0.2, 0.25) is 17.7 Å². The van der Waals surface area contributed by atoms with Crippen molar-refractivity contribution in [1.82, 2.24) is 0 Å². The van der Waals surface area contributed by atoms with E-state index in [-0.39, 0.29) is 5.78 Å². The highest BCUT2D eigenvalue weighted by Crippen LogP contribution is 2.48. The molecule has 3 nitrogen and oxygen atoms in total. The third kappa shape index (κ3) is 1.60. The first-order valence-corrected chi connectivity index (χ1v) is 6.52. The van der Waals surface area contributed by atoms with Crippen LogP contribution in [0.3, 0.4) is 0 Å². The van der Waals surface area contributed by atoms with E-state index in [1.165, 1.54) is 0 Å². The van der Waals surface area contributed by atoms with Gasteiger partial charge in [0.25, 0.3) is 0 Å². The lowest BCUT2D eigenvalue weighted by atomic mass is 9.93. The summed E-state index contributed by atoms with van der Waals surface area (Å²) in [5, 5.41) is 0. The number of carbonyl (C=O) groups is 1. The van der Waals surface area contributed by atoms with E-state index in [1.54, 1.807) is 18.2 Å². The molecule has 0 aromatic heterocycles. The molecule has 2 heterocycles. The van der Waals surface area contributed by atoms with Crippen molar-refractivity contribution < 1.29 is 14.3 Å². The summed E-state index contributed by atoms with van der Waals surface area (Å²) in [4.78, 5) is 12.5. The largest absolute Gasteiger partial charge is 0.460 e. The molecule has 4 rings (SSSR count). The molecule has 0 bridgehead atoms. The molecule has 98 valence electrons. The molecule has 0 aliphatic carbocycles. The molecule has 20 heavy (non-hydrogen) atoms. The quantitative estimate of drug-likeness (QED) is 0.782. The van der Waals surface area contributed by atoms with Gasteiger partial charge in [0, 0.05) is 0 Å². The number of hydrogen-bond acceptors (Lipinski definition) is 3. The van der Waals surface area contributed by atoms with Gasteiger partial charge in [-0.15, -0.1) is 0 Å². The molecule has 2 aromatic carbocycles. The van der Waals surface area contributed by atoms with Crippen LogP contribution in [0.25, 0.3) is 6.08 Å². The molecule has 1 fully saturated rings. The van der Waals surface area contributed by atoms with Gasteiger partial charge in [-0.2, -0.15) is 0 Å².